The number of halogens is 1. The first kappa shape index (κ1) is 35.3. The van der Waals surface area contributed by atoms with Crippen molar-refractivity contribution in [2.75, 3.05) is 53.1 Å². The molecule has 0 spiro atoms. The van der Waals surface area contributed by atoms with Crippen LogP contribution in [-0.2, 0) is 19.7 Å². The lowest BCUT2D eigenvalue weighted by atomic mass is 9.74. The number of nitrogens with one attached hydrogen (secondary N) is 3. The highest BCUT2D eigenvalue weighted by Crippen LogP contribution is 2.34. The van der Waals surface area contributed by atoms with E-state index in [1.165, 1.54) is 17.0 Å². The first-order valence-electron chi connectivity index (χ1n) is 16.6. The highest BCUT2D eigenvalue weighted by Gasteiger charge is 2.36. The second-order valence-electron chi connectivity index (χ2n) is 12.3. The van der Waals surface area contributed by atoms with Gasteiger partial charge in [0.25, 0.3) is 11.8 Å². The zero-order valence-corrected chi connectivity index (χ0v) is 27.7. The Balaban J connectivity index is 1.35. The van der Waals surface area contributed by atoms with Crippen LogP contribution in [0.3, 0.4) is 0 Å². The van der Waals surface area contributed by atoms with E-state index < -0.39 is 23.3 Å². The van der Waals surface area contributed by atoms with E-state index in [9.17, 15) is 23.6 Å². The molecule has 49 heavy (non-hydrogen) atoms. The molecule has 3 aromatic rings. The van der Waals surface area contributed by atoms with Crippen LogP contribution in [0.2, 0.25) is 0 Å². The Morgan fingerprint density at radius 1 is 0.898 bits per heavy atom. The molecule has 1 saturated heterocycles. The summed E-state index contributed by atoms with van der Waals surface area (Å²) in [7, 11) is 1.63. The predicted molar refractivity (Wildman–Crippen MR) is 180 cm³/mol. The van der Waals surface area contributed by atoms with E-state index in [4.69, 9.17) is 14.2 Å². The van der Waals surface area contributed by atoms with E-state index in [-0.39, 0.29) is 62.3 Å². The number of fused-ring (bicyclic) bond motifs is 2. The third-order valence-electron chi connectivity index (χ3n) is 8.99. The minimum Gasteiger partial charge on any atom is -0.493 e. The smallest absolute Gasteiger partial charge is 0.255 e. The number of para-hydroxylation sites is 2. The zero-order valence-electron chi connectivity index (χ0n) is 27.7. The standard InChI is InChI=1S/C37H43FN4O7/c1-42-19-23-49-31-12-4-2-10-28(31)34(44)39-18-7-20-48-32-13-5-3-11-29(32)35(45)41-30(14-15-33(42)43)36(46)40-25-37(16-21-47-22-17-37)26-8-6-9-27(38)24-26/h2-6,8-13,24,30H,7,14-23,25H2,1H3,(H,39,44)(H,40,46)(H,41,45)/t30-/m0/s1. The average Bonchev–Trinajstić information content (AvgIpc) is 3.12. The molecule has 3 aromatic carbocycles. The number of hydrogen-bond acceptors (Lipinski definition) is 7. The molecule has 4 amide bonds. The monoisotopic (exact) mass is 674 g/mol. The number of benzene rings is 3. The lowest BCUT2D eigenvalue weighted by Gasteiger charge is -2.38. The van der Waals surface area contributed by atoms with E-state index in [1.54, 1.807) is 61.6 Å². The molecule has 260 valence electrons. The second kappa shape index (κ2) is 16.9. The molecule has 2 aliphatic heterocycles. The van der Waals surface area contributed by atoms with E-state index in [0.717, 1.165) is 5.56 Å². The number of ether oxygens (including phenoxy) is 3. The van der Waals surface area contributed by atoms with Crippen LogP contribution < -0.4 is 25.4 Å². The molecule has 0 saturated carbocycles. The van der Waals surface area contributed by atoms with Crippen molar-refractivity contribution in [2.24, 2.45) is 0 Å². The van der Waals surface area contributed by atoms with Crippen LogP contribution in [0.25, 0.3) is 0 Å². The zero-order chi connectivity index (χ0) is 34.6. The van der Waals surface area contributed by atoms with Gasteiger partial charge in [-0.2, -0.15) is 0 Å². The molecular weight excluding hydrogens is 631 g/mol. The van der Waals surface area contributed by atoms with Gasteiger partial charge in [0.1, 0.15) is 30.0 Å². The van der Waals surface area contributed by atoms with Gasteiger partial charge in [0.2, 0.25) is 11.8 Å². The molecule has 0 bridgehead atoms. The minimum absolute atomic E-state index is 0.0315. The van der Waals surface area contributed by atoms with Gasteiger partial charge in [0, 0.05) is 45.2 Å². The Labute approximate surface area is 285 Å². The summed E-state index contributed by atoms with van der Waals surface area (Å²) in [5.41, 5.74) is 0.821. The number of nitrogens with zero attached hydrogens (tertiary/aromatic N) is 1. The van der Waals surface area contributed by atoms with Crippen LogP contribution in [-0.4, -0.2) is 87.7 Å². The molecule has 3 N–H and O–H groups in total. The molecule has 12 heteroatoms. The molecule has 0 aliphatic carbocycles. The van der Waals surface area contributed by atoms with Gasteiger partial charge in [0.15, 0.2) is 0 Å². The van der Waals surface area contributed by atoms with Crippen molar-refractivity contribution in [2.45, 2.75) is 43.6 Å². The highest BCUT2D eigenvalue weighted by molar-refractivity contribution is 6.00. The third-order valence-corrected chi connectivity index (χ3v) is 8.99. The third kappa shape index (κ3) is 9.35. The van der Waals surface area contributed by atoms with Crippen LogP contribution >= 0.6 is 0 Å². The maximum atomic E-state index is 14.3. The quantitative estimate of drug-likeness (QED) is 0.385. The van der Waals surface area contributed by atoms with Crippen molar-refractivity contribution >= 4 is 23.6 Å². The molecule has 0 radical (unpaired) electrons. The van der Waals surface area contributed by atoms with Crippen molar-refractivity contribution in [1.82, 2.24) is 20.9 Å². The van der Waals surface area contributed by atoms with E-state index in [2.05, 4.69) is 16.0 Å². The Kier molecular flexibility index (Phi) is 12.2. The van der Waals surface area contributed by atoms with Gasteiger partial charge in [-0.25, -0.2) is 4.39 Å². The van der Waals surface area contributed by atoms with Gasteiger partial charge >= 0.3 is 0 Å². The topological polar surface area (TPSA) is 135 Å². The van der Waals surface area contributed by atoms with Crippen LogP contribution in [0.5, 0.6) is 11.5 Å². The van der Waals surface area contributed by atoms with Gasteiger partial charge in [-0.05, 0) is 67.6 Å². The maximum Gasteiger partial charge on any atom is 0.255 e. The Hall–Kier alpha value is -4.97. The normalized spacial score (nSPS) is 19.5. The number of likely N-dealkylation sites (N-methyl/N-ethyl adjacent to an activating group) is 1. The van der Waals surface area contributed by atoms with Crippen molar-refractivity contribution in [3.8, 4) is 11.5 Å². The Morgan fingerprint density at radius 2 is 1.57 bits per heavy atom. The number of amides is 4. The summed E-state index contributed by atoms with van der Waals surface area (Å²) in [5, 5.41) is 8.70. The first-order chi connectivity index (χ1) is 23.8. The van der Waals surface area contributed by atoms with Crippen molar-refractivity contribution < 1.29 is 37.8 Å². The molecule has 0 unspecified atom stereocenters. The molecule has 0 aromatic heterocycles. The van der Waals surface area contributed by atoms with Gasteiger partial charge in [-0.3, -0.25) is 19.2 Å². The molecular formula is C37H43FN4O7. The van der Waals surface area contributed by atoms with E-state index >= 15 is 0 Å². The minimum atomic E-state index is -1.05. The molecule has 1 atom stereocenters. The predicted octanol–water partition coefficient (Wildman–Crippen LogP) is 3.62. The van der Waals surface area contributed by atoms with Gasteiger partial charge in [-0.1, -0.05) is 36.4 Å². The van der Waals surface area contributed by atoms with Crippen LogP contribution in [0.1, 0.15) is 58.4 Å². The summed E-state index contributed by atoms with van der Waals surface area (Å²) in [4.78, 5) is 55.0. The van der Waals surface area contributed by atoms with Crippen LogP contribution in [0.15, 0.2) is 72.8 Å². The molecule has 2 aliphatic rings. The van der Waals surface area contributed by atoms with E-state index in [0.29, 0.717) is 56.1 Å². The van der Waals surface area contributed by atoms with Crippen molar-refractivity contribution in [3.05, 3.63) is 95.3 Å². The number of rotatable bonds is 4. The fourth-order valence-corrected chi connectivity index (χ4v) is 6.02. The van der Waals surface area contributed by atoms with E-state index in [1.807, 2.05) is 6.07 Å². The van der Waals surface area contributed by atoms with Gasteiger partial charge in [0.05, 0.1) is 24.3 Å². The molecule has 5 rings (SSSR count). The van der Waals surface area contributed by atoms with Crippen LogP contribution in [0, 0.1) is 5.82 Å². The summed E-state index contributed by atoms with van der Waals surface area (Å²) in [6.45, 7) is 2.06. The maximum absolute atomic E-state index is 14.3. The van der Waals surface area contributed by atoms with Crippen molar-refractivity contribution in [3.63, 3.8) is 0 Å². The SMILES string of the molecule is CN1CCOc2ccccc2C(=O)NCCCOc2ccccc2C(=O)N[C@H](C(=O)NCC2(c3cccc(F)c3)CCOCC2)CCC1=O. The fraction of sp³-hybridized carbons (Fsp3) is 0.405. The Bertz CT molecular complexity index is 1630. The number of hydrogen-bond donors (Lipinski definition) is 3. The summed E-state index contributed by atoms with van der Waals surface area (Å²) < 4.78 is 31.7. The first-order valence-corrected chi connectivity index (χ1v) is 16.6. The Morgan fingerprint density at radius 3 is 2.29 bits per heavy atom. The average molecular weight is 675 g/mol. The summed E-state index contributed by atoms with van der Waals surface area (Å²) in [6.07, 6.45) is 1.63. The second-order valence-corrected chi connectivity index (χ2v) is 12.3. The van der Waals surface area contributed by atoms with Crippen molar-refractivity contribution in [1.29, 1.82) is 0 Å². The number of carbonyl (C=O) groups excluding carboxylic acids is 4. The number of carbonyl (C=O) groups is 4. The lowest BCUT2D eigenvalue weighted by Crippen LogP contribution is -2.51. The highest BCUT2D eigenvalue weighted by atomic mass is 19.1. The largest absolute Gasteiger partial charge is 0.493 e. The lowest BCUT2D eigenvalue weighted by molar-refractivity contribution is -0.130. The molecule has 2 heterocycles. The van der Waals surface area contributed by atoms with Gasteiger partial charge in [-0.15, -0.1) is 0 Å². The van der Waals surface area contributed by atoms with Crippen LogP contribution in [0.4, 0.5) is 4.39 Å². The summed E-state index contributed by atoms with van der Waals surface area (Å²) in [6, 6.07) is 18.9. The summed E-state index contributed by atoms with van der Waals surface area (Å²) >= 11 is 0. The molecule has 11 nitrogen and oxygen atoms in total. The molecule has 1 fully saturated rings. The fourth-order valence-electron chi connectivity index (χ4n) is 6.02. The summed E-state index contributed by atoms with van der Waals surface area (Å²) in [5.74, 6) is -1.17. The van der Waals surface area contributed by atoms with Gasteiger partial charge < -0.3 is 35.1 Å².